The zero-order valence-electron chi connectivity index (χ0n) is 8.17. The van der Waals surface area contributed by atoms with Crippen LogP contribution in [0.3, 0.4) is 0 Å². The Morgan fingerprint density at radius 2 is 2.20 bits per heavy atom. The highest BCUT2D eigenvalue weighted by atomic mass is 19.1. The Labute approximate surface area is 85.8 Å². The van der Waals surface area contributed by atoms with Crippen molar-refractivity contribution in [2.75, 3.05) is 7.11 Å². The molecule has 15 heavy (non-hydrogen) atoms. The highest BCUT2D eigenvalue weighted by Gasteiger charge is 2.16. The van der Waals surface area contributed by atoms with Gasteiger partial charge in [-0.1, -0.05) is 0 Å². The molecule has 0 saturated carbocycles. The summed E-state index contributed by atoms with van der Waals surface area (Å²) in [5.41, 5.74) is 5.51. The minimum atomic E-state index is -0.895. The topological polar surface area (TPSA) is 52.3 Å². The van der Waals surface area contributed by atoms with Crippen molar-refractivity contribution < 1.29 is 18.3 Å². The molecule has 0 amide bonds. The number of halogens is 2. The average Bonchev–Trinajstić information content (AvgIpc) is 2.21. The van der Waals surface area contributed by atoms with Gasteiger partial charge in [0.1, 0.15) is 11.6 Å². The van der Waals surface area contributed by atoms with Gasteiger partial charge in [0.15, 0.2) is 0 Å². The van der Waals surface area contributed by atoms with Crippen LogP contribution in [0, 0.1) is 11.6 Å². The zero-order valence-corrected chi connectivity index (χ0v) is 8.17. The lowest BCUT2D eigenvalue weighted by molar-refractivity contribution is -0.141. The molecule has 3 nitrogen and oxygen atoms in total. The van der Waals surface area contributed by atoms with E-state index in [9.17, 15) is 13.6 Å². The maximum atomic E-state index is 13.2. The minimum absolute atomic E-state index is 0.0274. The van der Waals surface area contributed by atoms with Gasteiger partial charge in [-0.2, -0.15) is 0 Å². The second-order valence-electron chi connectivity index (χ2n) is 3.05. The number of hydrogen-bond donors (Lipinski definition) is 1. The monoisotopic (exact) mass is 215 g/mol. The molecule has 0 aromatic heterocycles. The number of methoxy groups -OCH3 is 1. The molecule has 1 aromatic carbocycles. The Bertz CT molecular complexity index is 368. The third-order valence-electron chi connectivity index (χ3n) is 1.97. The molecule has 1 unspecified atom stereocenters. The van der Waals surface area contributed by atoms with Crippen molar-refractivity contribution in [1.82, 2.24) is 0 Å². The second kappa shape index (κ2) is 4.84. The van der Waals surface area contributed by atoms with Crippen molar-refractivity contribution in [3.05, 3.63) is 35.4 Å². The molecular weight excluding hydrogens is 204 g/mol. The number of carbonyl (C=O) groups excluding carboxylic acids is 1. The second-order valence-corrected chi connectivity index (χ2v) is 3.05. The Kier molecular flexibility index (Phi) is 3.74. The summed E-state index contributed by atoms with van der Waals surface area (Å²) >= 11 is 0. The molecule has 1 atom stereocenters. The van der Waals surface area contributed by atoms with Crippen molar-refractivity contribution in [2.45, 2.75) is 12.5 Å². The Balaban J connectivity index is 2.85. The summed E-state index contributed by atoms with van der Waals surface area (Å²) < 4.78 is 30.3. The summed E-state index contributed by atoms with van der Waals surface area (Å²) in [4.78, 5) is 10.9. The molecule has 1 rings (SSSR count). The van der Waals surface area contributed by atoms with Gasteiger partial charge in [0.2, 0.25) is 0 Å². The number of carbonyl (C=O) groups is 1. The predicted octanol–water partition coefficient (Wildman–Crippen LogP) is 1.53. The first-order chi connectivity index (χ1) is 7.04. The van der Waals surface area contributed by atoms with E-state index < -0.39 is 23.6 Å². The fourth-order valence-corrected chi connectivity index (χ4v) is 1.17. The van der Waals surface area contributed by atoms with Crippen molar-refractivity contribution in [1.29, 1.82) is 0 Å². The molecule has 5 heteroatoms. The third-order valence-corrected chi connectivity index (χ3v) is 1.97. The number of ether oxygens (including phenoxy) is 1. The van der Waals surface area contributed by atoms with E-state index in [4.69, 9.17) is 5.73 Å². The molecule has 0 bridgehead atoms. The van der Waals surface area contributed by atoms with E-state index in [1.165, 1.54) is 7.11 Å². The molecule has 0 saturated heterocycles. The fraction of sp³-hybridized carbons (Fsp3) is 0.300. The van der Waals surface area contributed by atoms with Gasteiger partial charge in [0.05, 0.1) is 13.5 Å². The first-order valence-corrected chi connectivity index (χ1v) is 4.32. The first kappa shape index (κ1) is 11.6. The molecular formula is C10H11F2NO2. The van der Waals surface area contributed by atoms with Gasteiger partial charge >= 0.3 is 5.97 Å². The molecule has 0 aliphatic rings. The van der Waals surface area contributed by atoms with E-state index in [0.29, 0.717) is 0 Å². The maximum Gasteiger partial charge on any atom is 0.307 e. The van der Waals surface area contributed by atoms with E-state index in [0.717, 1.165) is 18.2 Å². The summed E-state index contributed by atoms with van der Waals surface area (Å²) in [5, 5.41) is 0. The number of benzene rings is 1. The van der Waals surface area contributed by atoms with E-state index >= 15 is 0 Å². The molecule has 0 spiro atoms. The summed E-state index contributed by atoms with van der Waals surface area (Å²) in [6.07, 6.45) is -0.184. The van der Waals surface area contributed by atoms with Gasteiger partial charge in [-0.3, -0.25) is 4.79 Å². The Morgan fingerprint density at radius 3 is 2.80 bits per heavy atom. The van der Waals surface area contributed by atoms with E-state index in [1.54, 1.807) is 0 Å². The lowest BCUT2D eigenvalue weighted by Gasteiger charge is -2.11. The Hall–Kier alpha value is -1.49. The molecule has 0 aliphatic heterocycles. The standard InChI is InChI=1S/C10H11F2NO2/c1-15-10(14)5-9(13)7-4-6(11)2-3-8(7)12/h2-4,9H,5,13H2,1H3. The largest absolute Gasteiger partial charge is 0.469 e. The van der Waals surface area contributed by atoms with Crippen LogP contribution in [-0.2, 0) is 9.53 Å². The average molecular weight is 215 g/mol. The summed E-state index contributed by atoms with van der Waals surface area (Å²) in [6, 6.07) is 2.04. The third kappa shape index (κ3) is 2.99. The van der Waals surface area contributed by atoms with Crippen LogP contribution in [0.2, 0.25) is 0 Å². The maximum absolute atomic E-state index is 13.2. The number of esters is 1. The highest BCUT2D eigenvalue weighted by molar-refractivity contribution is 5.70. The molecule has 0 heterocycles. The van der Waals surface area contributed by atoms with Crippen LogP contribution >= 0.6 is 0 Å². The molecule has 1 aromatic rings. The van der Waals surface area contributed by atoms with Gasteiger partial charge < -0.3 is 10.5 Å². The van der Waals surface area contributed by atoms with Crippen LogP contribution in [-0.4, -0.2) is 13.1 Å². The summed E-state index contributed by atoms with van der Waals surface area (Å²) in [5.74, 6) is -1.79. The van der Waals surface area contributed by atoms with Crippen molar-refractivity contribution in [3.8, 4) is 0 Å². The van der Waals surface area contributed by atoms with Gasteiger partial charge in [0.25, 0.3) is 0 Å². The highest BCUT2D eigenvalue weighted by Crippen LogP contribution is 2.19. The molecule has 0 radical (unpaired) electrons. The molecule has 2 N–H and O–H groups in total. The number of nitrogens with two attached hydrogens (primary N) is 1. The molecule has 0 aliphatic carbocycles. The number of rotatable bonds is 3. The fourth-order valence-electron chi connectivity index (χ4n) is 1.17. The van der Waals surface area contributed by atoms with Gasteiger partial charge in [-0.05, 0) is 18.2 Å². The van der Waals surface area contributed by atoms with Gasteiger partial charge in [-0.15, -0.1) is 0 Å². The summed E-state index contributed by atoms with van der Waals surface area (Å²) in [7, 11) is 1.21. The van der Waals surface area contributed by atoms with Crippen molar-refractivity contribution in [2.24, 2.45) is 5.73 Å². The van der Waals surface area contributed by atoms with Crippen LogP contribution in [0.1, 0.15) is 18.0 Å². The minimum Gasteiger partial charge on any atom is -0.469 e. The van der Waals surface area contributed by atoms with Gasteiger partial charge in [0, 0.05) is 11.6 Å². The number of hydrogen-bond acceptors (Lipinski definition) is 3. The van der Waals surface area contributed by atoms with Crippen LogP contribution < -0.4 is 5.73 Å². The van der Waals surface area contributed by atoms with Crippen molar-refractivity contribution >= 4 is 5.97 Å². The quantitative estimate of drug-likeness (QED) is 0.778. The van der Waals surface area contributed by atoms with Gasteiger partial charge in [-0.25, -0.2) is 8.78 Å². The van der Waals surface area contributed by atoms with Crippen LogP contribution in [0.5, 0.6) is 0 Å². The van der Waals surface area contributed by atoms with Crippen LogP contribution in [0.4, 0.5) is 8.78 Å². The van der Waals surface area contributed by atoms with E-state index in [-0.39, 0.29) is 12.0 Å². The normalized spacial score (nSPS) is 12.3. The molecule has 0 fully saturated rings. The lowest BCUT2D eigenvalue weighted by atomic mass is 10.0. The first-order valence-electron chi connectivity index (χ1n) is 4.32. The smallest absolute Gasteiger partial charge is 0.307 e. The van der Waals surface area contributed by atoms with Crippen LogP contribution in [0.15, 0.2) is 18.2 Å². The van der Waals surface area contributed by atoms with Crippen molar-refractivity contribution in [3.63, 3.8) is 0 Å². The Morgan fingerprint density at radius 1 is 1.53 bits per heavy atom. The SMILES string of the molecule is COC(=O)CC(N)c1cc(F)ccc1F. The predicted molar refractivity (Wildman–Crippen MR) is 49.9 cm³/mol. The summed E-state index contributed by atoms with van der Waals surface area (Å²) in [6.45, 7) is 0. The van der Waals surface area contributed by atoms with E-state index in [1.807, 2.05) is 0 Å². The van der Waals surface area contributed by atoms with Crippen LogP contribution in [0.25, 0.3) is 0 Å². The molecule has 82 valence electrons. The van der Waals surface area contributed by atoms with E-state index in [2.05, 4.69) is 4.74 Å². The zero-order chi connectivity index (χ0) is 11.4. The lowest BCUT2D eigenvalue weighted by Crippen LogP contribution is -2.17.